The fraction of sp³-hybridized carbons (Fsp3) is 0.400. The molecule has 5 nitrogen and oxygen atoms in total. The number of aryl methyl sites for hydroxylation is 1. The molecule has 8 heteroatoms. The number of halogens is 2. The Balaban J connectivity index is 2.26. The third kappa shape index (κ3) is 3.71. The summed E-state index contributed by atoms with van der Waals surface area (Å²) in [6.07, 6.45) is 0. The van der Waals surface area contributed by atoms with Gasteiger partial charge in [0.05, 0.1) is 17.1 Å². The number of benzene rings is 1. The maximum atomic E-state index is 12.6. The fourth-order valence-corrected chi connectivity index (χ4v) is 3.63. The molecule has 0 aliphatic heterocycles. The lowest BCUT2D eigenvalue weighted by atomic mass is 10.0. The minimum absolute atomic E-state index is 0.0493. The van der Waals surface area contributed by atoms with Gasteiger partial charge in [-0.2, -0.15) is 9.40 Å². The molecule has 0 spiro atoms. The van der Waals surface area contributed by atoms with Crippen molar-refractivity contribution in [2.75, 3.05) is 7.05 Å². The molecule has 0 saturated heterocycles. The second-order valence-electron chi connectivity index (χ2n) is 5.66. The van der Waals surface area contributed by atoms with Crippen molar-refractivity contribution >= 4 is 33.2 Å². The van der Waals surface area contributed by atoms with Crippen LogP contribution in [0.4, 0.5) is 0 Å². The Hall–Kier alpha value is -1.08. The van der Waals surface area contributed by atoms with Gasteiger partial charge in [0.15, 0.2) is 0 Å². The van der Waals surface area contributed by atoms with Gasteiger partial charge in [-0.1, -0.05) is 49.2 Å². The minimum Gasteiger partial charge on any atom is -0.255 e. The van der Waals surface area contributed by atoms with Crippen molar-refractivity contribution in [2.45, 2.75) is 31.2 Å². The highest BCUT2D eigenvalue weighted by molar-refractivity contribution is 7.89. The highest BCUT2D eigenvalue weighted by Crippen LogP contribution is 2.27. The monoisotopic (exact) mass is 375 g/mol. The summed E-state index contributed by atoms with van der Waals surface area (Å²) < 4.78 is 27.9. The van der Waals surface area contributed by atoms with E-state index in [0.29, 0.717) is 11.6 Å². The van der Waals surface area contributed by atoms with Crippen molar-refractivity contribution in [3.05, 3.63) is 45.7 Å². The van der Waals surface area contributed by atoms with Gasteiger partial charge >= 0.3 is 0 Å². The van der Waals surface area contributed by atoms with Gasteiger partial charge in [-0.15, -0.1) is 0 Å². The first-order valence-corrected chi connectivity index (χ1v) is 9.27. The Morgan fingerprint density at radius 3 is 2.22 bits per heavy atom. The van der Waals surface area contributed by atoms with Gasteiger partial charge in [-0.05, 0) is 23.6 Å². The van der Waals surface area contributed by atoms with Gasteiger partial charge in [0.1, 0.15) is 10.2 Å². The molecule has 2 rings (SSSR count). The van der Waals surface area contributed by atoms with Crippen LogP contribution in [0.25, 0.3) is 0 Å². The molecule has 0 unspecified atom stereocenters. The first kappa shape index (κ1) is 18.3. The van der Waals surface area contributed by atoms with Crippen LogP contribution in [0.1, 0.15) is 31.0 Å². The van der Waals surface area contributed by atoms with Crippen molar-refractivity contribution in [3.8, 4) is 0 Å². The maximum Gasteiger partial charge on any atom is 0.243 e. The molecule has 0 aliphatic rings. The highest BCUT2D eigenvalue weighted by Gasteiger charge is 2.24. The van der Waals surface area contributed by atoms with Crippen molar-refractivity contribution in [1.82, 2.24) is 14.1 Å². The summed E-state index contributed by atoms with van der Waals surface area (Å²) in [4.78, 5) is 0.238. The van der Waals surface area contributed by atoms with E-state index in [1.807, 2.05) is 12.1 Å². The summed E-state index contributed by atoms with van der Waals surface area (Å²) in [6.45, 7) is 4.17. The van der Waals surface area contributed by atoms with Gasteiger partial charge in [0.2, 0.25) is 10.0 Å². The van der Waals surface area contributed by atoms with Crippen molar-refractivity contribution in [3.63, 3.8) is 0 Å². The summed E-state index contributed by atoms with van der Waals surface area (Å²) in [6, 6.07) is 6.90. The van der Waals surface area contributed by atoms with Gasteiger partial charge in [0.25, 0.3) is 0 Å². The first-order valence-electron chi connectivity index (χ1n) is 7.07. The molecule has 126 valence electrons. The summed E-state index contributed by atoms with van der Waals surface area (Å²) in [5, 5.41) is 4.70. The Kier molecular flexibility index (Phi) is 5.41. The van der Waals surface area contributed by atoms with Crippen LogP contribution in [0.3, 0.4) is 0 Å². The Morgan fingerprint density at radius 2 is 1.78 bits per heavy atom. The third-order valence-electron chi connectivity index (χ3n) is 3.62. The van der Waals surface area contributed by atoms with Gasteiger partial charge in [0, 0.05) is 14.1 Å². The second-order valence-corrected chi connectivity index (χ2v) is 8.44. The van der Waals surface area contributed by atoms with Crippen LogP contribution >= 0.6 is 23.2 Å². The maximum absolute atomic E-state index is 12.6. The quantitative estimate of drug-likeness (QED) is 0.800. The number of hydrogen-bond donors (Lipinski definition) is 0. The van der Waals surface area contributed by atoms with E-state index < -0.39 is 10.0 Å². The van der Waals surface area contributed by atoms with Crippen LogP contribution in [-0.4, -0.2) is 29.6 Å². The summed E-state index contributed by atoms with van der Waals surface area (Å²) >= 11 is 12.0. The molecule has 0 fully saturated rings. The third-order valence-corrected chi connectivity index (χ3v) is 6.36. The molecule has 0 atom stereocenters. The lowest BCUT2D eigenvalue weighted by Gasteiger charge is -2.17. The molecular formula is C15H19Cl2N3O2S. The molecule has 0 N–H and O–H groups in total. The molecule has 0 radical (unpaired) electrons. The predicted octanol–water partition coefficient (Wildman–Crippen LogP) is 3.67. The second kappa shape index (κ2) is 6.81. The Morgan fingerprint density at radius 1 is 1.22 bits per heavy atom. The molecule has 0 bridgehead atoms. The van der Waals surface area contributed by atoms with E-state index in [0.717, 1.165) is 5.56 Å². The van der Waals surface area contributed by atoms with Crippen LogP contribution in [0, 0.1) is 0 Å². The SMILES string of the molecule is CC(C)c1ccc(S(=O)(=O)N(C)Cc2nn(C)c(Cl)c2Cl)cc1. The van der Waals surface area contributed by atoms with E-state index >= 15 is 0 Å². The van der Waals surface area contributed by atoms with Crippen LogP contribution in [-0.2, 0) is 23.6 Å². The van der Waals surface area contributed by atoms with Crippen LogP contribution in [0.2, 0.25) is 10.2 Å². The Bertz CT molecular complexity index is 799. The number of rotatable bonds is 5. The largest absolute Gasteiger partial charge is 0.255 e. The molecule has 1 aromatic carbocycles. The average Bonchev–Trinajstić information content (AvgIpc) is 2.74. The number of sulfonamides is 1. The fourth-order valence-electron chi connectivity index (χ4n) is 2.13. The molecule has 0 aliphatic carbocycles. The van der Waals surface area contributed by atoms with Crippen molar-refractivity contribution in [2.24, 2.45) is 7.05 Å². The van der Waals surface area contributed by atoms with E-state index in [2.05, 4.69) is 18.9 Å². The van der Waals surface area contributed by atoms with Gasteiger partial charge in [-0.25, -0.2) is 8.42 Å². The van der Waals surface area contributed by atoms with E-state index in [9.17, 15) is 8.42 Å². The minimum atomic E-state index is -3.62. The molecule has 0 amide bonds. The highest BCUT2D eigenvalue weighted by atomic mass is 35.5. The smallest absolute Gasteiger partial charge is 0.243 e. The summed E-state index contributed by atoms with van der Waals surface area (Å²) in [5.41, 5.74) is 1.51. The van der Waals surface area contributed by atoms with E-state index in [1.54, 1.807) is 19.2 Å². The van der Waals surface area contributed by atoms with Gasteiger partial charge in [-0.3, -0.25) is 4.68 Å². The van der Waals surface area contributed by atoms with E-state index in [1.165, 1.54) is 16.0 Å². The normalized spacial score (nSPS) is 12.3. The van der Waals surface area contributed by atoms with E-state index in [-0.39, 0.29) is 21.6 Å². The van der Waals surface area contributed by atoms with Crippen LogP contribution in [0.15, 0.2) is 29.2 Å². The molecule has 1 heterocycles. The predicted molar refractivity (Wildman–Crippen MR) is 92.4 cm³/mol. The number of aromatic nitrogens is 2. The lowest BCUT2D eigenvalue weighted by molar-refractivity contribution is 0.460. The molecular weight excluding hydrogens is 357 g/mol. The summed E-state index contributed by atoms with van der Waals surface area (Å²) in [7, 11) is -0.477. The zero-order valence-electron chi connectivity index (χ0n) is 13.4. The topological polar surface area (TPSA) is 55.2 Å². The van der Waals surface area contributed by atoms with E-state index in [4.69, 9.17) is 23.2 Å². The average molecular weight is 376 g/mol. The van der Waals surface area contributed by atoms with Crippen LogP contribution < -0.4 is 0 Å². The van der Waals surface area contributed by atoms with Crippen molar-refractivity contribution < 1.29 is 8.42 Å². The standard InChI is InChI=1S/C15H19Cl2N3O2S/c1-10(2)11-5-7-12(8-6-11)23(21,22)19(3)9-13-14(16)15(17)20(4)18-13/h5-8,10H,9H2,1-4H3. The zero-order valence-corrected chi connectivity index (χ0v) is 15.7. The van der Waals surface area contributed by atoms with Crippen molar-refractivity contribution in [1.29, 1.82) is 0 Å². The number of nitrogens with zero attached hydrogens (tertiary/aromatic N) is 3. The molecule has 0 saturated carbocycles. The summed E-state index contributed by atoms with van der Waals surface area (Å²) in [5.74, 6) is 0.346. The lowest BCUT2D eigenvalue weighted by Crippen LogP contribution is -2.26. The Labute approximate surface area is 146 Å². The molecule has 23 heavy (non-hydrogen) atoms. The van der Waals surface area contributed by atoms with Crippen LogP contribution in [0.5, 0.6) is 0 Å². The molecule has 2 aromatic rings. The zero-order chi connectivity index (χ0) is 17.4. The molecule has 1 aromatic heterocycles. The first-order chi connectivity index (χ1) is 10.6. The number of hydrogen-bond acceptors (Lipinski definition) is 3. The van der Waals surface area contributed by atoms with Gasteiger partial charge < -0.3 is 0 Å².